The normalized spacial score (nSPS) is 31.2. The van der Waals surface area contributed by atoms with E-state index < -0.39 is 8.60 Å². The molecule has 0 amide bonds. The number of hydrogen-bond acceptors (Lipinski definition) is 3. The van der Waals surface area contributed by atoms with Gasteiger partial charge >= 0.3 is 8.60 Å². The highest BCUT2D eigenvalue weighted by atomic mass is 31.2. The highest BCUT2D eigenvalue weighted by molar-refractivity contribution is 7.41. The summed E-state index contributed by atoms with van der Waals surface area (Å²) in [6.07, 6.45) is 0.376. The zero-order valence-electron chi connectivity index (χ0n) is 10.6. The van der Waals surface area contributed by atoms with Gasteiger partial charge in [0.15, 0.2) is 0 Å². The van der Waals surface area contributed by atoms with Crippen LogP contribution in [0.5, 0.6) is 0 Å². The first-order valence-electron chi connectivity index (χ1n) is 5.59. The van der Waals surface area contributed by atoms with E-state index in [1.165, 1.54) is 0 Å². The first-order valence-corrected chi connectivity index (χ1v) is 6.69. The summed E-state index contributed by atoms with van der Waals surface area (Å²) in [6.45, 7) is 13.4. The summed E-state index contributed by atoms with van der Waals surface area (Å²) in [4.78, 5) is 0. The van der Waals surface area contributed by atoms with Gasteiger partial charge in [0.25, 0.3) is 0 Å². The van der Waals surface area contributed by atoms with Gasteiger partial charge in [-0.15, -0.1) is 0 Å². The third kappa shape index (κ3) is 3.67. The monoisotopic (exact) mass is 234 g/mol. The Labute approximate surface area is 94.5 Å². The quantitative estimate of drug-likeness (QED) is 0.696. The third-order valence-corrected chi connectivity index (χ3v) is 3.75. The van der Waals surface area contributed by atoms with E-state index in [9.17, 15) is 0 Å². The summed E-state index contributed by atoms with van der Waals surface area (Å²) in [6, 6.07) is 0. The molecule has 1 aliphatic heterocycles. The van der Waals surface area contributed by atoms with E-state index in [4.69, 9.17) is 13.6 Å². The molecule has 15 heavy (non-hydrogen) atoms. The summed E-state index contributed by atoms with van der Waals surface area (Å²) >= 11 is 0. The molecule has 1 fully saturated rings. The Bertz CT molecular complexity index is 204. The fourth-order valence-electron chi connectivity index (χ4n) is 1.82. The molecule has 0 unspecified atom stereocenters. The molecule has 0 radical (unpaired) electrons. The second kappa shape index (κ2) is 5.09. The van der Waals surface area contributed by atoms with Crippen LogP contribution in [0.2, 0.25) is 0 Å². The van der Waals surface area contributed by atoms with Gasteiger partial charge in [-0.2, -0.15) is 0 Å². The average molecular weight is 234 g/mol. The third-order valence-electron chi connectivity index (χ3n) is 2.41. The Kier molecular flexibility index (Phi) is 4.54. The van der Waals surface area contributed by atoms with Crippen LogP contribution in [-0.2, 0) is 13.6 Å². The van der Waals surface area contributed by atoms with Crippen molar-refractivity contribution in [3.8, 4) is 0 Å². The van der Waals surface area contributed by atoms with Crippen LogP contribution in [-0.4, -0.2) is 18.8 Å². The van der Waals surface area contributed by atoms with Crippen molar-refractivity contribution in [3.63, 3.8) is 0 Å². The van der Waals surface area contributed by atoms with Crippen LogP contribution in [0.1, 0.15) is 41.5 Å². The molecule has 4 heteroatoms. The van der Waals surface area contributed by atoms with Gasteiger partial charge < -0.3 is 13.6 Å². The Balaban J connectivity index is 2.58. The SMILES string of the molecule is CC(C)O[P@]1OCC(C)(C)[C@H](C(C)C)O1. The molecule has 90 valence electrons. The predicted molar refractivity (Wildman–Crippen MR) is 62.6 cm³/mol. The van der Waals surface area contributed by atoms with E-state index in [0.717, 1.165) is 0 Å². The zero-order chi connectivity index (χ0) is 11.6. The summed E-state index contributed by atoms with van der Waals surface area (Å²) in [7, 11) is -1.14. The number of hydrogen-bond donors (Lipinski definition) is 0. The summed E-state index contributed by atoms with van der Waals surface area (Å²) in [5.41, 5.74) is 0.0767. The van der Waals surface area contributed by atoms with Gasteiger partial charge in [0.2, 0.25) is 0 Å². The Morgan fingerprint density at radius 1 is 1.27 bits per heavy atom. The molecule has 1 heterocycles. The van der Waals surface area contributed by atoms with Gasteiger partial charge in [-0.3, -0.25) is 0 Å². The molecule has 0 bridgehead atoms. The molecule has 0 aromatic heterocycles. The lowest BCUT2D eigenvalue weighted by Gasteiger charge is -2.42. The maximum Gasteiger partial charge on any atom is 0.333 e. The molecule has 0 aromatic rings. The second-order valence-corrected chi connectivity index (χ2v) is 6.54. The van der Waals surface area contributed by atoms with Crippen molar-refractivity contribution < 1.29 is 13.6 Å². The maximum absolute atomic E-state index is 5.89. The first kappa shape index (κ1) is 13.4. The van der Waals surface area contributed by atoms with Crippen molar-refractivity contribution in [2.45, 2.75) is 53.8 Å². The first-order chi connectivity index (χ1) is 6.83. The lowest BCUT2D eigenvalue weighted by Crippen LogP contribution is -2.42. The van der Waals surface area contributed by atoms with E-state index in [2.05, 4.69) is 27.7 Å². The average Bonchev–Trinajstić information content (AvgIpc) is 2.06. The van der Waals surface area contributed by atoms with Crippen LogP contribution in [0, 0.1) is 11.3 Å². The molecule has 0 spiro atoms. The van der Waals surface area contributed by atoms with E-state index >= 15 is 0 Å². The molecule has 0 saturated carbocycles. The largest absolute Gasteiger partial charge is 0.333 e. The van der Waals surface area contributed by atoms with Crippen LogP contribution in [0.25, 0.3) is 0 Å². The fraction of sp³-hybridized carbons (Fsp3) is 1.00. The molecular weight excluding hydrogens is 211 g/mol. The van der Waals surface area contributed by atoms with Crippen molar-refractivity contribution >= 4 is 8.60 Å². The van der Waals surface area contributed by atoms with Gasteiger partial charge in [0.05, 0.1) is 18.8 Å². The van der Waals surface area contributed by atoms with Crippen molar-refractivity contribution in [3.05, 3.63) is 0 Å². The molecule has 1 aliphatic rings. The lowest BCUT2D eigenvalue weighted by atomic mass is 9.81. The molecule has 1 rings (SSSR count). The van der Waals surface area contributed by atoms with Crippen molar-refractivity contribution in [1.82, 2.24) is 0 Å². The van der Waals surface area contributed by atoms with Crippen molar-refractivity contribution in [2.75, 3.05) is 6.61 Å². The topological polar surface area (TPSA) is 27.7 Å². The lowest BCUT2D eigenvalue weighted by molar-refractivity contribution is -0.0589. The van der Waals surface area contributed by atoms with Gasteiger partial charge in [0.1, 0.15) is 0 Å². The van der Waals surface area contributed by atoms with Crippen molar-refractivity contribution in [2.24, 2.45) is 11.3 Å². The van der Waals surface area contributed by atoms with Gasteiger partial charge in [0, 0.05) is 5.41 Å². The predicted octanol–water partition coefficient (Wildman–Crippen LogP) is 3.74. The van der Waals surface area contributed by atoms with E-state index in [1.807, 2.05) is 13.8 Å². The standard InChI is InChI=1S/C11H23O3P/c1-8(2)10-11(5,6)7-12-15(14-10)13-9(3)4/h8-10H,7H2,1-6H3/t10-,15-/m0/s1. The summed E-state index contributed by atoms with van der Waals surface area (Å²) < 4.78 is 17.1. The zero-order valence-corrected chi connectivity index (χ0v) is 11.5. The minimum atomic E-state index is -1.14. The second-order valence-electron chi connectivity index (χ2n) is 5.41. The Morgan fingerprint density at radius 2 is 1.87 bits per heavy atom. The van der Waals surface area contributed by atoms with E-state index in [-0.39, 0.29) is 17.6 Å². The molecule has 3 nitrogen and oxygen atoms in total. The Hall–Kier alpha value is 0.310. The van der Waals surface area contributed by atoms with Gasteiger partial charge in [-0.05, 0) is 19.8 Å². The van der Waals surface area contributed by atoms with Crippen LogP contribution >= 0.6 is 8.60 Å². The summed E-state index contributed by atoms with van der Waals surface area (Å²) in [5, 5.41) is 0. The molecule has 0 N–H and O–H groups in total. The molecule has 0 aliphatic carbocycles. The van der Waals surface area contributed by atoms with Gasteiger partial charge in [-0.1, -0.05) is 27.7 Å². The summed E-state index contributed by atoms with van der Waals surface area (Å²) in [5.74, 6) is 0.490. The van der Waals surface area contributed by atoms with E-state index in [0.29, 0.717) is 12.5 Å². The highest BCUT2D eigenvalue weighted by Gasteiger charge is 2.41. The molecular formula is C11H23O3P. The van der Waals surface area contributed by atoms with E-state index in [1.54, 1.807) is 0 Å². The fourth-order valence-corrected chi connectivity index (χ4v) is 3.49. The minimum absolute atomic E-state index is 0.0767. The minimum Gasteiger partial charge on any atom is -0.312 e. The van der Waals surface area contributed by atoms with Crippen LogP contribution in [0.15, 0.2) is 0 Å². The van der Waals surface area contributed by atoms with Crippen molar-refractivity contribution in [1.29, 1.82) is 0 Å². The Morgan fingerprint density at radius 3 is 2.33 bits per heavy atom. The highest BCUT2D eigenvalue weighted by Crippen LogP contribution is 2.52. The van der Waals surface area contributed by atoms with Crippen LogP contribution in [0.4, 0.5) is 0 Å². The molecule has 0 aromatic carbocycles. The smallest absolute Gasteiger partial charge is 0.312 e. The number of rotatable bonds is 3. The molecule has 2 atom stereocenters. The van der Waals surface area contributed by atoms with Crippen LogP contribution in [0.3, 0.4) is 0 Å². The van der Waals surface area contributed by atoms with Crippen LogP contribution < -0.4 is 0 Å². The molecule has 1 saturated heterocycles. The van der Waals surface area contributed by atoms with Gasteiger partial charge in [-0.25, -0.2) is 0 Å². The maximum atomic E-state index is 5.89.